The van der Waals surface area contributed by atoms with Crippen molar-refractivity contribution in [3.05, 3.63) is 0 Å². The van der Waals surface area contributed by atoms with E-state index in [1.54, 1.807) is 0 Å². The van der Waals surface area contributed by atoms with E-state index in [-0.39, 0.29) is 5.54 Å². The van der Waals surface area contributed by atoms with Crippen LogP contribution in [0.15, 0.2) is 0 Å². The molecule has 0 atom stereocenters. The van der Waals surface area contributed by atoms with Crippen LogP contribution in [-0.2, 0) is 0 Å². The fourth-order valence-corrected chi connectivity index (χ4v) is 2.43. The van der Waals surface area contributed by atoms with Crippen LogP contribution in [0.3, 0.4) is 0 Å². The fraction of sp³-hybridized carbons (Fsp3) is 1.00. The first-order valence-electron chi connectivity index (χ1n) is 5.72. The molecule has 2 aliphatic carbocycles. The Labute approximate surface area is 81.3 Å². The molecule has 2 fully saturated rings. The number of hydrogen-bond acceptors (Lipinski definition) is 2. The smallest absolute Gasteiger partial charge is 0.0281 e. The maximum absolute atomic E-state index is 6.18. The van der Waals surface area contributed by atoms with E-state index in [2.05, 4.69) is 12.2 Å². The van der Waals surface area contributed by atoms with Gasteiger partial charge in [0.15, 0.2) is 0 Å². The average molecular weight is 182 g/mol. The predicted molar refractivity (Wildman–Crippen MR) is 55.6 cm³/mol. The quantitative estimate of drug-likeness (QED) is 0.695. The second kappa shape index (κ2) is 3.25. The van der Waals surface area contributed by atoms with Crippen molar-refractivity contribution in [3.63, 3.8) is 0 Å². The van der Waals surface area contributed by atoms with E-state index >= 15 is 0 Å². The normalized spacial score (nSPS) is 29.1. The lowest BCUT2D eigenvalue weighted by Gasteiger charge is -2.47. The molecule has 0 aromatic carbocycles. The highest BCUT2D eigenvalue weighted by Crippen LogP contribution is 2.36. The average Bonchev–Trinajstić information content (AvgIpc) is 2.00. The molecule has 2 saturated carbocycles. The first-order chi connectivity index (χ1) is 6.18. The molecular formula is C11H22N2. The molecule has 2 nitrogen and oxygen atoms in total. The van der Waals surface area contributed by atoms with Gasteiger partial charge in [-0.2, -0.15) is 0 Å². The standard InChI is InChI=1S/C11H22N2/c1-2-11(7-4-8-11)13-9-10(12)5-3-6-10/h13H,2-9,12H2,1H3. The molecule has 0 spiro atoms. The van der Waals surface area contributed by atoms with Gasteiger partial charge < -0.3 is 11.1 Å². The highest BCUT2D eigenvalue weighted by Gasteiger charge is 2.39. The zero-order valence-corrected chi connectivity index (χ0v) is 8.73. The van der Waals surface area contributed by atoms with Gasteiger partial charge >= 0.3 is 0 Å². The van der Waals surface area contributed by atoms with Crippen molar-refractivity contribution in [2.24, 2.45) is 5.73 Å². The SMILES string of the molecule is CCC1(NCC2(N)CCC2)CCC1. The van der Waals surface area contributed by atoms with E-state index in [0.29, 0.717) is 5.54 Å². The van der Waals surface area contributed by atoms with Crippen LogP contribution in [0, 0.1) is 0 Å². The van der Waals surface area contributed by atoms with Gasteiger partial charge in [-0.15, -0.1) is 0 Å². The molecule has 0 aromatic rings. The lowest BCUT2D eigenvalue weighted by atomic mass is 9.72. The topological polar surface area (TPSA) is 38.0 Å². The summed E-state index contributed by atoms with van der Waals surface area (Å²) in [4.78, 5) is 0. The van der Waals surface area contributed by atoms with E-state index in [0.717, 1.165) is 6.54 Å². The maximum atomic E-state index is 6.18. The van der Waals surface area contributed by atoms with Crippen LogP contribution in [0.25, 0.3) is 0 Å². The molecule has 0 bridgehead atoms. The third kappa shape index (κ3) is 1.75. The van der Waals surface area contributed by atoms with Crippen LogP contribution in [-0.4, -0.2) is 17.6 Å². The molecule has 0 saturated heterocycles. The number of nitrogens with one attached hydrogen (secondary N) is 1. The zero-order chi connectivity index (χ0) is 9.36. The second-order valence-corrected chi connectivity index (χ2v) is 5.06. The van der Waals surface area contributed by atoms with Gasteiger partial charge in [0.25, 0.3) is 0 Å². The van der Waals surface area contributed by atoms with Gasteiger partial charge in [-0.3, -0.25) is 0 Å². The molecule has 0 aromatic heterocycles. The minimum absolute atomic E-state index is 0.151. The summed E-state index contributed by atoms with van der Waals surface area (Å²) in [5.74, 6) is 0. The summed E-state index contributed by atoms with van der Waals surface area (Å²) < 4.78 is 0. The Bertz CT molecular complexity index is 175. The van der Waals surface area contributed by atoms with Gasteiger partial charge in [0, 0.05) is 17.6 Å². The molecule has 0 heterocycles. The van der Waals surface area contributed by atoms with Crippen LogP contribution >= 0.6 is 0 Å². The lowest BCUT2D eigenvalue weighted by Crippen LogP contribution is -2.60. The monoisotopic (exact) mass is 182 g/mol. The number of rotatable bonds is 4. The molecule has 0 unspecified atom stereocenters. The third-order valence-corrected chi connectivity index (χ3v) is 4.15. The summed E-state index contributed by atoms with van der Waals surface area (Å²) in [6.07, 6.45) is 9.16. The van der Waals surface area contributed by atoms with E-state index in [9.17, 15) is 0 Å². The number of hydrogen-bond donors (Lipinski definition) is 2. The highest BCUT2D eigenvalue weighted by molar-refractivity contribution is 5.01. The van der Waals surface area contributed by atoms with Crippen molar-refractivity contribution in [2.45, 2.75) is 62.9 Å². The lowest BCUT2D eigenvalue weighted by molar-refractivity contribution is 0.139. The van der Waals surface area contributed by atoms with Crippen LogP contribution in [0.5, 0.6) is 0 Å². The fourth-order valence-electron chi connectivity index (χ4n) is 2.43. The van der Waals surface area contributed by atoms with E-state index < -0.39 is 0 Å². The summed E-state index contributed by atoms with van der Waals surface area (Å²) in [7, 11) is 0. The molecule has 3 N–H and O–H groups in total. The molecule has 2 rings (SSSR count). The minimum Gasteiger partial charge on any atom is -0.324 e. The van der Waals surface area contributed by atoms with Crippen molar-refractivity contribution in [1.82, 2.24) is 5.32 Å². The van der Waals surface area contributed by atoms with Gasteiger partial charge in [0.2, 0.25) is 0 Å². The molecule has 76 valence electrons. The summed E-state index contributed by atoms with van der Waals surface area (Å²) in [6, 6.07) is 0. The molecule has 0 amide bonds. The number of nitrogens with two attached hydrogens (primary N) is 1. The Morgan fingerprint density at radius 1 is 1.15 bits per heavy atom. The maximum Gasteiger partial charge on any atom is 0.0281 e. The Kier molecular flexibility index (Phi) is 2.37. The van der Waals surface area contributed by atoms with Gasteiger partial charge in [-0.05, 0) is 44.9 Å². The molecule has 2 heteroatoms. The third-order valence-electron chi connectivity index (χ3n) is 4.15. The highest BCUT2D eigenvalue weighted by atomic mass is 15.0. The van der Waals surface area contributed by atoms with Crippen molar-refractivity contribution >= 4 is 0 Å². The second-order valence-electron chi connectivity index (χ2n) is 5.06. The van der Waals surface area contributed by atoms with Crippen molar-refractivity contribution in [3.8, 4) is 0 Å². The van der Waals surface area contributed by atoms with Crippen LogP contribution in [0.4, 0.5) is 0 Å². The summed E-state index contributed by atoms with van der Waals surface area (Å²) >= 11 is 0. The van der Waals surface area contributed by atoms with E-state index in [1.807, 2.05) is 0 Å². The van der Waals surface area contributed by atoms with Crippen molar-refractivity contribution in [2.75, 3.05) is 6.54 Å². The van der Waals surface area contributed by atoms with Gasteiger partial charge in [-0.25, -0.2) is 0 Å². The van der Waals surface area contributed by atoms with Gasteiger partial charge in [0.05, 0.1) is 0 Å². The summed E-state index contributed by atoms with van der Waals surface area (Å²) in [5, 5.41) is 3.70. The molecule has 0 aliphatic heterocycles. The van der Waals surface area contributed by atoms with Gasteiger partial charge in [-0.1, -0.05) is 6.92 Å². The Morgan fingerprint density at radius 2 is 1.77 bits per heavy atom. The first-order valence-corrected chi connectivity index (χ1v) is 5.72. The van der Waals surface area contributed by atoms with Crippen LogP contribution in [0.1, 0.15) is 51.9 Å². The van der Waals surface area contributed by atoms with Crippen molar-refractivity contribution in [1.29, 1.82) is 0 Å². The van der Waals surface area contributed by atoms with Crippen LogP contribution < -0.4 is 11.1 Å². The Morgan fingerprint density at radius 3 is 2.08 bits per heavy atom. The predicted octanol–water partition coefficient (Wildman–Crippen LogP) is 1.79. The Balaban J connectivity index is 1.77. The first kappa shape index (κ1) is 9.47. The minimum atomic E-state index is 0.151. The van der Waals surface area contributed by atoms with Crippen LogP contribution in [0.2, 0.25) is 0 Å². The van der Waals surface area contributed by atoms with E-state index in [4.69, 9.17) is 5.73 Å². The molecule has 0 radical (unpaired) electrons. The summed E-state index contributed by atoms with van der Waals surface area (Å²) in [6.45, 7) is 3.33. The Hall–Kier alpha value is -0.0800. The largest absolute Gasteiger partial charge is 0.324 e. The molecule has 2 aliphatic rings. The zero-order valence-electron chi connectivity index (χ0n) is 8.73. The summed E-state index contributed by atoms with van der Waals surface area (Å²) in [5.41, 5.74) is 6.81. The molecular weight excluding hydrogens is 160 g/mol. The van der Waals surface area contributed by atoms with Crippen molar-refractivity contribution < 1.29 is 0 Å². The van der Waals surface area contributed by atoms with E-state index in [1.165, 1.54) is 44.9 Å². The molecule has 13 heavy (non-hydrogen) atoms. The van der Waals surface area contributed by atoms with Gasteiger partial charge in [0.1, 0.15) is 0 Å².